The fourth-order valence-corrected chi connectivity index (χ4v) is 4.34. The van der Waals surface area contributed by atoms with Crippen LogP contribution in [0.25, 0.3) is 33.5 Å². The molecule has 0 saturated carbocycles. The number of nitrogens with zero attached hydrogens (tertiary/aromatic N) is 4. The number of morpholine rings is 1. The van der Waals surface area contributed by atoms with Crippen molar-refractivity contribution in [2.45, 2.75) is 0 Å². The Labute approximate surface area is 186 Å². The number of rotatable bonds is 4. The minimum Gasteiger partial charge on any atom is -0.494 e. The highest BCUT2D eigenvalue weighted by Gasteiger charge is 2.24. The normalized spacial score (nSPS) is 14.1. The van der Waals surface area contributed by atoms with E-state index in [4.69, 9.17) is 25.9 Å². The maximum absolute atomic E-state index is 6.65. The van der Waals surface area contributed by atoms with Crippen LogP contribution in [-0.4, -0.2) is 47.9 Å². The van der Waals surface area contributed by atoms with Crippen molar-refractivity contribution in [1.82, 2.24) is 14.5 Å². The van der Waals surface area contributed by atoms with Crippen LogP contribution in [0.15, 0.2) is 48.8 Å². The second-order valence-corrected chi connectivity index (χ2v) is 7.84. The molecule has 0 spiro atoms. The lowest BCUT2D eigenvalue weighted by Crippen LogP contribution is -2.37. The molecule has 2 aromatic heterocycles. The molecule has 4 aromatic rings. The summed E-state index contributed by atoms with van der Waals surface area (Å²) in [6.07, 6.45) is 3.85. The topological polar surface area (TPSA) is 104 Å². The molecule has 1 saturated heterocycles. The highest BCUT2D eigenvalue weighted by molar-refractivity contribution is 5.97. The fourth-order valence-electron chi connectivity index (χ4n) is 4.34. The molecule has 0 amide bonds. The first-order valence-corrected chi connectivity index (χ1v) is 10.5. The number of nitrogens with two attached hydrogens (primary N) is 2. The number of aryl methyl sites for hydroxylation is 1. The van der Waals surface area contributed by atoms with Gasteiger partial charge >= 0.3 is 0 Å². The van der Waals surface area contributed by atoms with Crippen LogP contribution < -0.4 is 21.1 Å². The van der Waals surface area contributed by atoms with Crippen LogP contribution in [-0.2, 0) is 11.8 Å². The lowest BCUT2D eigenvalue weighted by molar-refractivity contribution is 0.123. The first-order chi connectivity index (χ1) is 15.6. The molecule has 0 atom stereocenters. The van der Waals surface area contributed by atoms with Gasteiger partial charge in [-0.05, 0) is 18.2 Å². The molecular formula is C24H26N6O2. The van der Waals surface area contributed by atoms with E-state index >= 15 is 0 Å². The summed E-state index contributed by atoms with van der Waals surface area (Å²) in [6, 6.07) is 12.0. The Hall–Kier alpha value is -3.78. The number of ether oxygens (including phenoxy) is 2. The van der Waals surface area contributed by atoms with E-state index < -0.39 is 0 Å². The van der Waals surface area contributed by atoms with Gasteiger partial charge in [0, 0.05) is 54.6 Å². The second-order valence-electron chi connectivity index (χ2n) is 7.84. The minimum absolute atomic E-state index is 0.515. The Morgan fingerprint density at radius 1 is 1.03 bits per heavy atom. The number of para-hydroxylation sites is 1. The first-order valence-electron chi connectivity index (χ1n) is 10.5. The molecule has 5 rings (SSSR count). The highest BCUT2D eigenvalue weighted by Crippen LogP contribution is 2.44. The van der Waals surface area contributed by atoms with Gasteiger partial charge in [-0.25, -0.2) is 9.97 Å². The molecule has 0 unspecified atom stereocenters. The molecule has 4 N–H and O–H groups in total. The molecule has 8 heteroatoms. The van der Waals surface area contributed by atoms with Crippen molar-refractivity contribution in [3.05, 3.63) is 48.8 Å². The van der Waals surface area contributed by atoms with E-state index in [-0.39, 0.29) is 0 Å². The third kappa shape index (κ3) is 3.29. The van der Waals surface area contributed by atoms with E-state index in [0.717, 1.165) is 27.8 Å². The molecule has 0 radical (unpaired) electrons. The lowest BCUT2D eigenvalue weighted by Gasteiger charge is -2.32. The van der Waals surface area contributed by atoms with Crippen LogP contribution in [0.4, 0.5) is 17.1 Å². The number of hydrogen-bond acceptors (Lipinski definition) is 7. The molecule has 0 aliphatic carbocycles. The van der Waals surface area contributed by atoms with Crippen LogP contribution in [0.2, 0.25) is 0 Å². The Morgan fingerprint density at radius 3 is 2.59 bits per heavy atom. The predicted octanol–water partition coefficient (Wildman–Crippen LogP) is 3.31. The van der Waals surface area contributed by atoms with Gasteiger partial charge in [0.25, 0.3) is 0 Å². The van der Waals surface area contributed by atoms with Gasteiger partial charge < -0.3 is 30.4 Å². The number of fused-ring (bicyclic) bond motifs is 1. The first kappa shape index (κ1) is 20.1. The number of nitrogen functional groups attached to an aromatic ring is 2. The average molecular weight is 431 g/mol. The molecule has 8 nitrogen and oxygen atoms in total. The zero-order valence-corrected chi connectivity index (χ0v) is 18.2. The van der Waals surface area contributed by atoms with E-state index in [1.807, 2.05) is 31.3 Å². The highest BCUT2D eigenvalue weighted by atomic mass is 16.5. The van der Waals surface area contributed by atoms with Gasteiger partial charge in [0.15, 0.2) is 5.82 Å². The Bertz CT molecular complexity index is 1290. The Morgan fingerprint density at radius 2 is 1.81 bits per heavy atom. The number of benzene rings is 2. The van der Waals surface area contributed by atoms with Gasteiger partial charge in [0.1, 0.15) is 11.4 Å². The van der Waals surface area contributed by atoms with Crippen LogP contribution in [0.3, 0.4) is 0 Å². The molecule has 1 aliphatic rings. The van der Waals surface area contributed by atoms with Gasteiger partial charge in [-0.15, -0.1) is 0 Å². The summed E-state index contributed by atoms with van der Waals surface area (Å²) >= 11 is 0. The smallest absolute Gasteiger partial charge is 0.162 e. The van der Waals surface area contributed by atoms with E-state index in [9.17, 15) is 0 Å². The number of methoxy groups -OCH3 is 1. The zero-order valence-electron chi connectivity index (χ0n) is 18.2. The summed E-state index contributed by atoms with van der Waals surface area (Å²) in [7, 11) is 3.63. The van der Waals surface area contributed by atoms with E-state index in [2.05, 4.69) is 32.8 Å². The molecular weight excluding hydrogens is 404 g/mol. The third-order valence-electron chi connectivity index (χ3n) is 5.96. The second kappa shape index (κ2) is 8.05. The van der Waals surface area contributed by atoms with Crippen molar-refractivity contribution >= 4 is 28.0 Å². The molecule has 3 heterocycles. The van der Waals surface area contributed by atoms with Gasteiger partial charge in [-0.2, -0.15) is 0 Å². The van der Waals surface area contributed by atoms with Crippen molar-refractivity contribution in [3.63, 3.8) is 0 Å². The van der Waals surface area contributed by atoms with Crippen molar-refractivity contribution < 1.29 is 9.47 Å². The van der Waals surface area contributed by atoms with Crippen molar-refractivity contribution in [3.8, 4) is 28.4 Å². The standard InChI is InChI=1S/C24H26N6O2/c1-29-14-17(15-5-3-4-6-19(15)29)18-7-8-27-24(28-18)16-13-20(31-2)22(26)23(21(16)25)30-9-11-32-12-10-30/h3-8,13-14H,9-12,25-26H2,1-2H3. The quantitative estimate of drug-likeness (QED) is 0.479. The number of aromatic nitrogens is 3. The predicted molar refractivity (Wildman–Crippen MR) is 128 cm³/mol. The van der Waals surface area contributed by atoms with Crippen LogP contribution in [0.5, 0.6) is 5.75 Å². The number of anilines is 3. The maximum Gasteiger partial charge on any atom is 0.162 e. The van der Waals surface area contributed by atoms with E-state index in [1.54, 1.807) is 13.3 Å². The summed E-state index contributed by atoms with van der Waals surface area (Å²) in [5.41, 5.74) is 18.6. The Kier molecular flexibility index (Phi) is 5.07. The minimum atomic E-state index is 0.515. The summed E-state index contributed by atoms with van der Waals surface area (Å²) in [4.78, 5) is 11.6. The van der Waals surface area contributed by atoms with Gasteiger partial charge in [-0.1, -0.05) is 18.2 Å². The van der Waals surface area contributed by atoms with Crippen molar-refractivity contribution in [2.24, 2.45) is 7.05 Å². The summed E-state index contributed by atoms with van der Waals surface area (Å²) in [5.74, 6) is 1.08. The van der Waals surface area contributed by atoms with Crippen LogP contribution >= 0.6 is 0 Å². The summed E-state index contributed by atoms with van der Waals surface area (Å²) in [5, 5.41) is 1.14. The van der Waals surface area contributed by atoms with Crippen LogP contribution in [0, 0.1) is 0 Å². The Balaban J connectivity index is 1.65. The van der Waals surface area contributed by atoms with Crippen molar-refractivity contribution in [2.75, 3.05) is 49.8 Å². The molecule has 2 aromatic carbocycles. The van der Waals surface area contributed by atoms with E-state index in [0.29, 0.717) is 54.8 Å². The largest absolute Gasteiger partial charge is 0.494 e. The molecule has 1 fully saturated rings. The molecule has 32 heavy (non-hydrogen) atoms. The molecule has 1 aliphatic heterocycles. The summed E-state index contributed by atoms with van der Waals surface area (Å²) < 4.78 is 13.2. The maximum atomic E-state index is 6.65. The molecule has 164 valence electrons. The SMILES string of the molecule is COc1cc(-c2nccc(-c3cn(C)c4ccccc34)n2)c(N)c(N2CCOCC2)c1N. The van der Waals surface area contributed by atoms with Crippen molar-refractivity contribution in [1.29, 1.82) is 0 Å². The van der Waals surface area contributed by atoms with Crippen LogP contribution in [0.1, 0.15) is 0 Å². The fraction of sp³-hybridized carbons (Fsp3) is 0.250. The summed E-state index contributed by atoms with van der Waals surface area (Å²) in [6.45, 7) is 2.66. The number of hydrogen-bond donors (Lipinski definition) is 2. The van der Waals surface area contributed by atoms with Gasteiger partial charge in [0.05, 0.1) is 37.4 Å². The van der Waals surface area contributed by atoms with E-state index in [1.165, 1.54) is 0 Å². The van der Waals surface area contributed by atoms with Gasteiger partial charge in [-0.3, -0.25) is 0 Å². The zero-order chi connectivity index (χ0) is 22.2. The molecule has 0 bridgehead atoms. The third-order valence-corrected chi connectivity index (χ3v) is 5.96. The van der Waals surface area contributed by atoms with Gasteiger partial charge in [0.2, 0.25) is 0 Å². The lowest BCUT2D eigenvalue weighted by atomic mass is 10.1. The average Bonchev–Trinajstić information content (AvgIpc) is 3.17. The monoisotopic (exact) mass is 430 g/mol.